The molecule has 2 aromatic carbocycles. The lowest BCUT2D eigenvalue weighted by Crippen LogP contribution is -2.33. The van der Waals surface area contributed by atoms with Gasteiger partial charge in [-0.2, -0.15) is 0 Å². The summed E-state index contributed by atoms with van der Waals surface area (Å²) < 4.78 is 39.8. The van der Waals surface area contributed by atoms with Gasteiger partial charge in [0.05, 0.1) is 18.5 Å². The topological polar surface area (TPSA) is 67.9 Å². The monoisotopic (exact) mass is 430 g/mol. The lowest BCUT2D eigenvalue weighted by Gasteiger charge is -2.28. The Morgan fingerprint density at radius 3 is 2.59 bits per heavy atom. The van der Waals surface area contributed by atoms with E-state index in [1.165, 1.54) is 24.3 Å². The predicted molar refractivity (Wildman–Crippen MR) is 106 cm³/mol. The second kappa shape index (κ2) is 8.24. The van der Waals surface area contributed by atoms with Crippen LogP contribution in [0.25, 0.3) is 0 Å². The van der Waals surface area contributed by atoms with Crippen LogP contribution >= 0.6 is 23.2 Å². The number of ether oxygens (including phenoxy) is 2. The van der Waals surface area contributed by atoms with E-state index in [1.807, 2.05) is 25.1 Å². The van der Waals surface area contributed by atoms with Gasteiger partial charge in [0.1, 0.15) is 17.3 Å². The first-order chi connectivity index (χ1) is 12.7. The minimum Gasteiger partial charge on any atom is -0.489 e. The summed E-state index contributed by atoms with van der Waals surface area (Å²) in [6.07, 6.45) is 0.452. The fourth-order valence-electron chi connectivity index (χ4n) is 2.76. The maximum atomic E-state index is 12.9. The van der Waals surface area contributed by atoms with E-state index in [2.05, 4.69) is 4.72 Å². The van der Waals surface area contributed by atoms with E-state index in [-0.39, 0.29) is 23.3 Å². The highest BCUT2D eigenvalue weighted by molar-refractivity contribution is 7.92. The Labute approximate surface area is 169 Å². The standard InChI is InChI=1S/C18H20Cl2N2O4S/c1-22(2)11-26-16-6-12-4-3-5-17(18(12)25-10-16)27(23,24)21-15-8-13(19)7-14(20)9-15/h3-5,7-9,16,21H,6,10-11H2,1-2H3/t16-/m1/s1. The summed E-state index contributed by atoms with van der Waals surface area (Å²) in [6, 6.07) is 9.56. The van der Waals surface area contributed by atoms with Crippen LogP contribution in [0.4, 0.5) is 5.69 Å². The van der Waals surface area contributed by atoms with Crippen LogP contribution in [0.5, 0.6) is 5.75 Å². The van der Waals surface area contributed by atoms with Crippen LogP contribution in [0.3, 0.4) is 0 Å². The number of rotatable bonds is 6. The van der Waals surface area contributed by atoms with Gasteiger partial charge in [-0.05, 0) is 43.9 Å². The molecule has 0 unspecified atom stereocenters. The third kappa shape index (κ3) is 5.06. The molecule has 0 saturated heterocycles. The molecule has 6 nitrogen and oxygen atoms in total. The molecule has 146 valence electrons. The van der Waals surface area contributed by atoms with Crippen LogP contribution in [0.2, 0.25) is 10.0 Å². The highest BCUT2D eigenvalue weighted by Crippen LogP contribution is 2.34. The Hall–Kier alpha value is -1.51. The van der Waals surface area contributed by atoms with Gasteiger partial charge in [0.15, 0.2) is 0 Å². The predicted octanol–water partition coefficient (Wildman–Crippen LogP) is 3.63. The minimum absolute atomic E-state index is 0.0714. The Morgan fingerprint density at radius 2 is 1.93 bits per heavy atom. The molecule has 9 heteroatoms. The number of halogens is 2. The summed E-state index contributed by atoms with van der Waals surface area (Å²) in [4.78, 5) is 1.98. The van der Waals surface area contributed by atoms with Crippen LogP contribution < -0.4 is 9.46 Å². The number of nitrogens with one attached hydrogen (secondary N) is 1. The second-order valence-corrected chi connectivity index (χ2v) is 9.04. The maximum absolute atomic E-state index is 12.9. The molecule has 0 fully saturated rings. The molecule has 1 aliphatic rings. The molecule has 0 amide bonds. The lowest BCUT2D eigenvalue weighted by molar-refractivity contribution is -0.0319. The zero-order chi connectivity index (χ0) is 19.6. The molecule has 0 spiro atoms. The zero-order valence-corrected chi connectivity index (χ0v) is 17.2. The molecular weight excluding hydrogens is 411 g/mol. The fourth-order valence-corrected chi connectivity index (χ4v) is 4.52. The molecule has 1 aliphatic heterocycles. The SMILES string of the molecule is CN(C)CO[C@H]1COc2c(cccc2S(=O)(=O)Nc2cc(Cl)cc(Cl)c2)C1. The van der Waals surface area contributed by atoms with Crippen LogP contribution in [0.1, 0.15) is 5.56 Å². The van der Waals surface area contributed by atoms with Gasteiger partial charge in [0.25, 0.3) is 10.0 Å². The molecule has 1 atom stereocenters. The highest BCUT2D eigenvalue weighted by Gasteiger charge is 2.28. The van der Waals surface area contributed by atoms with Gasteiger partial charge >= 0.3 is 0 Å². The van der Waals surface area contributed by atoms with Gasteiger partial charge in [-0.1, -0.05) is 35.3 Å². The minimum atomic E-state index is -3.87. The van der Waals surface area contributed by atoms with Crippen molar-refractivity contribution < 1.29 is 17.9 Å². The summed E-state index contributed by atoms with van der Waals surface area (Å²) in [6.45, 7) is 0.759. The second-order valence-electron chi connectivity index (χ2n) is 6.52. The maximum Gasteiger partial charge on any atom is 0.265 e. The number of sulfonamides is 1. The number of benzene rings is 2. The Balaban J connectivity index is 1.84. The molecule has 2 aromatic rings. The van der Waals surface area contributed by atoms with Crippen molar-refractivity contribution in [3.05, 3.63) is 52.0 Å². The van der Waals surface area contributed by atoms with Crippen LogP contribution in [-0.4, -0.2) is 46.9 Å². The summed E-state index contributed by atoms with van der Waals surface area (Å²) in [5.41, 5.74) is 1.07. The Morgan fingerprint density at radius 1 is 1.22 bits per heavy atom. The Kier molecular flexibility index (Phi) is 6.18. The molecule has 0 radical (unpaired) electrons. The van der Waals surface area contributed by atoms with Crippen molar-refractivity contribution in [2.45, 2.75) is 17.4 Å². The molecular formula is C18H20Cl2N2O4S. The van der Waals surface area contributed by atoms with E-state index in [0.29, 0.717) is 28.9 Å². The molecule has 3 rings (SSSR count). The molecule has 0 bridgehead atoms. The van der Waals surface area contributed by atoms with Gasteiger partial charge in [0, 0.05) is 16.5 Å². The first kappa shape index (κ1) is 20.2. The smallest absolute Gasteiger partial charge is 0.265 e. The van der Waals surface area contributed by atoms with Crippen molar-refractivity contribution in [2.75, 3.05) is 32.2 Å². The fraction of sp³-hybridized carbons (Fsp3) is 0.333. The van der Waals surface area contributed by atoms with Crippen LogP contribution in [0, 0.1) is 0 Å². The van der Waals surface area contributed by atoms with Crippen LogP contribution in [0.15, 0.2) is 41.3 Å². The van der Waals surface area contributed by atoms with E-state index in [9.17, 15) is 8.42 Å². The van der Waals surface area contributed by atoms with E-state index < -0.39 is 10.0 Å². The van der Waals surface area contributed by atoms with Crippen LogP contribution in [-0.2, 0) is 21.2 Å². The summed E-state index contributed by atoms with van der Waals surface area (Å²) in [5.74, 6) is 0.350. The largest absolute Gasteiger partial charge is 0.489 e. The molecule has 1 heterocycles. The number of para-hydroxylation sites is 1. The van der Waals surface area contributed by atoms with E-state index in [0.717, 1.165) is 5.56 Å². The van der Waals surface area contributed by atoms with E-state index in [4.69, 9.17) is 32.7 Å². The molecule has 0 aliphatic carbocycles. The first-order valence-electron chi connectivity index (χ1n) is 8.24. The molecule has 0 saturated carbocycles. The van der Waals surface area contributed by atoms with Crippen molar-refractivity contribution in [3.8, 4) is 5.75 Å². The van der Waals surface area contributed by atoms with E-state index in [1.54, 1.807) is 6.07 Å². The lowest BCUT2D eigenvalue weighted by atomic mass is 10.0. The number of hydrogen-bond donors (Lipinski definition) is 1. The molecule has 27 heavy (non-hydrogen) atoms. The van der Waals surface area contributed by atoms with E-state index >= 15 is 0 Å². The molecule has 1 N–H and O–H groups in total. The van der Waals surface area contributed by atoms with Gasteiger partial charge in [-0.3, -0.25) is 9.62 Å². The Bertz CT molecular complexity index is 915. The third-order valence-corrected chi connectivity index (χ3v) is 5.74. The summed E-state index contributed by atoms with van der Waals surface area (Å²) in [7, 11) is -0.0473. The summed E-state index contributed by atoms with van der Waals surface area (Å²) >= 11 is 11.9. The van der Waals surface area contributed by atoms with Crippen molar-refractivity contribution >= 4 is 38.9 Å². The van der Waals surface area contributed by atoms with Gasteiger partial charge in [-0.25, -0.2) is 8.42 Å². The number of fused-ring (bicyclic) bond motifs is 1. The highest BCUT2D eigenvalue weighted by atomic mass is 35.5. The average Bonchev–Trinajstić information content (AvgIpc) is 2.57. The van der Waals surface area contributed by atoms with Crippen molar-refractivity contribution in [3.63, 3.8) is 0 Å². The average molecular weight is 431 g/mol. The van der Waals surface area contributed by atoms with Gasteiger partial charge in [0.2, 0.25) is 0 Å². The molecule has 0 aromatic heterocycles. The van der Waals surface area contributed by atoms with Crippen molar-refractivity contribution in [2.24, 2.45) is 0 Å². The van der Waals surface area contributed by atoms with Gasteiger partial charge < -0.3 is 9.47 Å². The number of nitrogens with zero attached hydrogens (tertiary/aromatic N) is 1. The first-order valence-corrected chi connectivity index (χ1v) is 10.5. The summed E-state index contributed by atoms with van der Waals surface area (Å²) in [5, 5.41) is 0.680. The number of anilines is 1. The number of hydrogen-bond acceptors (Lipinski definition) is 5. The van der Waals surface area contributed by atoms with Gasteiger partial charge in [-0.15, -0.1) is 0 Å². The normalized spacial score (nSPS) is 16.7. The zero-order valence-electron chi connectivity index (χ0n) is 14.9. The third-order valence-electron chi connectivity index (χ3n) is 3.89. The quantitative estimate of drug-likeness (QED) is 0.708. The van der Waals surface area contributed by atoms with Crippen molar-refractivity contribution in [1.82, 2.24) is 4.90 Å². The van der Waals surface area contributed by atoms with Crippen molar-refractivity contribution in [1.29, 1.82) is 0 Å².